The van der Waals surface area contributed by atoms with E-state index < -0.39 is 0 Å². The molecule has 5 nitrogen and oxygen atoms in total. The van der Waals surface area contributed by atoms with Crippen LogP contribution in [0.2, 0.25) is 0 Å². The second-order valence-electron chi connectivity index (χ2n) is 6.15. The average Bonchev–Trinajstić information content (AvgIpc) is 3.30. The number of thiazole rings is 1. The molecule has 0 aliphatic rings. The van der Waals surface area contributed by atoms with E-state index in [9.17, 15) is 14.4 Å². The van der Waals surface area contributed by atoms with Gasteiger partial charge in [0.05, 0.1) is 17.3 Å². The first-order valence-electron chi connectivity index (χ1n) is 8.65. The maximum atomic E-state index is 13.7. The molecular formula is C21H15FN4OS. The van der Waals surface area contributed by atoms with Crippen LogP contribution in [0, 0.1) is 17.1 Å². The summed E-state index contributed by atoms with van der Waals surface area (Å²) >= 11 is 1.42. The summed E-state index contributed by atoms with van der Waals surface area (Å²) in [5.74, 6) is -0.613. The Morgan fingerprint density at radius 2 is 2.11 bits per heavy atom. The second-order valence-corrected chi connectivity index (χ2v) is 7.03. The van der Waals surface area contributed by atoms with Crippen molar-refractivity contribution in [3.8, 4) is 17.3 Å². The van der Waals surface area contributed by atoms with Crippen molar-refractivity contribution in [3.63, 3.8) is 0 Å². The van der Waals surface area contributed by atoms with Crippen LogP contribution in [0.4, 0.5) is 4.39 Å². The van der Waals surface area contributed by atoms with Gasteiger partial charge in [-0.1, -0.05) is 30.3 Å². The topological polar surface area (TPSA) is 70.2 Å². The lowest BCUT2D eigenvalue weighted by molar-refractivity contribution is 0.0950. The Bertz CT molecular complexity index is 1200. The summed E-state index contributed by atoms with van der Waals surface area (Å²) < 4.78 is 15.6. The molecule has 0 aliphatic heterocycles. The van der Waals surface area contributed by atoms with Crippen LogP contribution in [-0.4, -0.2) is 21.8 Å². The molecule has 0 spiro atoms. The summed E-state index contributed by atoms with van der Waals surface area (Å²) in [7, 11) is 0. The second kappa shape index (κ2) is 7.62. The summed E-state index contributed by atoms with van der Waals surface area (Å²) in [5, 5.41) is 13.9. The highest BCUT2D eigenvalue weighted by Gasteiger charge is 2.21. The van der Waals surface area contributed by atoms with Gasteiger partial charge in [-0.25, -0.2) is 9.37 Å². The van der Waals surface area contributed by atoms with E-state index >= 15 is 0 Å². The van der Waals surface area contributed by atoms with Crippen LogP contribution >= 0.6 is 11.3 Å². The van der Waals surface area contributed by atoms with E-state index in [1.165, 1.54) is 17.4 Å². The van der Waals surface area contributed by atoms with Crippen LogP contribution in [0.5, 0.6) is 0 Å². The molecule has 0 atom stereocenters. The fourth-order valence-electron chi connectivity index (χ4n) is 3.05. The van der Waals surface area contributed by atoms with Crippen molar-refractivity contribution in [2.45, 2.75) is 6.42 Å². The number of fused-ring (bicyclic) bond motifs is 1. The number of imidazole rings is 1. The van der Waals surface area contributed by atoms with Crippen molar-refractivity contribution >= 4 is 22.2 Å². The van der Waals surface area contributed by atoms with Crippen LogP contribution in [0.25, 0.3) is 16.2 Å². The lowest BCUT2D eigenvalue weighted by Gasteiger charge is -2.07. The Balaban J connectivity index is 1.61. The molecule has 7 heteroatoms. The highest BCUT2D eigenvalue weighted by Crippen LogP contribution is 2.28. The van der Waals surface area contributed by atoms with Crippen molar-refractivity contribution in [1.82, 2.24) is 14.7 Å². The fourth-order valence-corrected chi connectivity index (χ4v) is 3.77. The summed E-state index contributed by atoms with van der Waals surface area (Å²) in [5.41, 5.74) is 2.72. The molecule has 0 unspecified atom stereocenters. The van der Waals surface area contributed by atoms with Crippen LogP contribution in [-0.2, 0) is 6.42 Å². The van der Waals surface area contributed by atoms with Gasteiger partial charge in [-0.2, -0.15) is 5.26 Å². The summed E-state index contributed by atoms with van der Waals surface area (Å²) in [4.78, 5) is 17.9. The quantitative estimate of drug-likeness (QED) is 0.559. The number of nitriles is 1. The van der Waals surface area contributed by atoms with Gasteiger partial charge in [0.1, 0.15) is 5.82 Å². The maximum Gasteiger partial charge on any atom is 0.272 e. The molecule has 2 heterocycles. The predicted molar refractivity (Wildman–Crippen MR) is 106 cm³/mol. The number of carbonyl (C=O) groups excluding carboxylic acids is 1. The van der Waals surface area contributed by atoms with E-state index in [2.05, 4.69) is 16.4 Å². The van der Waals surface area contributed by atoms with Crippen molar-refractivity contribution in [2.24, 2.45) is 0 Å². The minimum atomic E-state index is -0.329. The van der Waals surface area contributed by atoms with Crippen molar-refractivity contribution in [1.29, 1.82) is 5.26 Å². The molecule has 2 aromatic carbocycles. The first-order valence-corrected chi connectivity index (χ1v) is 9.53. The number of amides is 1. The first-order chi connectivity index (χ1) is 13.7. The summed E-state index contributed by atoms with van der Waals surface area (Å²) in [6, 6.07) is 15.7. The van der Waals surface area contributed by atoms with Crippen LogP contribution in [0.1, 0.15) is 21.6 Å². The number of rotatable bonds is 5. The van der Waals surface area contributed by atoms with Gasteiger partial charge in [0.15, 0.2) is 10.7 Å². The van der Waals surface area contributed by atoms with Gasteiger partial charge in [0.25, 0.3) is 5.91 Å². The predicted octanol–water partition coefficient (Wildman–Crippen LogP) is 4.05. The molecule has 2 aromatic heterocycles. The van der Waals surface area contributed by atoms with Gasteiger partial charge in [-0.15, -0.1) is 11.3 Å². The van der Waals surface area contributed by atoms with Crippen LogP contribution < -0.4 is 5.32 Å². The minimum absolute atomic E-state index is 0.284. The number of hydrogen-bond donors (Lipinski definition) is 1. The fraction of sp³-hybridized carbons (Fsp3) is 0.0952. The largest absolute Gasteiger partial charge is 0.350 e. The molecule has 1 N–H and O–H groups in total. The number of carbonyl (C=O) groups is 1. The Morgan fingerprint density at radius 1 is 1.25 bits per heavy atom. The van der Waals surface area contributed by atoms with Gasteiger partial charge in [0.2, 0.25) is 0 Å². The third kappa shape index (κ3) is 3.38. The van der Waals surface area contributed by atoms with Gasteiger partial charge >= 0.3 is 0 Å². The molecular weight excluding hydrogens is 375 g/mol. The highest BCUT2D eigenvalue weighted by atomic mass is 32.1. The van der Waals surface area contributed by atoms with E-state index in [0.29, 0.717) is 34.7 Å². The summed E-state index contributed by atoms with van der Waals surface area (Å²) in [6.07, 6.45) is 2.23. The Labute approximate surface area is 164 Å². The van der Waals surface area contributed by atoms with E-state index in [1.807, 2.05) is 22.0 Å². The molecule has 4 aromatic rings. The zero-order valence-electron chi connectivity index (χ0n) is 14.7. The Hall–Kier alpha value is -3.50. The average molecular weight is 390 g/mol. The number of halogens is 1. The maximum absolute atomic E-state index is 13.7. The van der Waals surface area contributed by atoms with E-state index in [-0.39, 0.29) is 17.4 Å². The smallest absolute Gasteiger partial charge is 0.272 e. The molecule has 0 aliphatic carbocycles. The number of nitrogens with one attached hydrogen (secondary N) is 1. The number of nitrogens with zero attached hydrogens (tertiary/aromatic N) is 3. The van der Waals surface area contributed by atoms with E-state index in [0.717, 1.165) is 5.56 Å². The zero-order chi connectivity index (χ0) is 19.5. The molecule has 0 fully saturated rings. The third-order valence-electron chi connectivity index (χ3n) is 4.38. The van der Waals surface area contributed by atoms with Gasteiger partial charge in [0, 0.05) is 23.7 Å². The molecule has 4 rings (SSSR count). The lowest BCUT2D eigenvalue weighted by atomic mass is 10.1. The van der Waals surface area contributed by atoms with E-state index in [4.69, 9.17) is 0 Å². The third-order valence-corrected chi connectivity index (χ3v) is 5.14. The standard InChI is InChI=1S/C21H15FN4OS/c22-17-7-2-1-5-15(17)8-9-24-20(27)18-19(26-10-11-28-21(26)25-18)16-6-3-4-14(12-16)13-23/h1-7,10-12H,8-9H2,(H,24,27). The molecule has 0 saturated carbocycles. The van der Waals surface area contributed by atoms with Crippen molar-refractivity contribution in [3.05, 3.63) is 82.7 Å². The number of hydrogen-bond acceptors (Lipinski definition) is 4. The number of aromatic nitrogens is 2. The highest BCUT2D eigenvalue weighted by molar-refractivity contribution is 7.15. The van der Waals surface area contributed by atoms with Crippen molar-refractivity contribution in [2.75, 3.05) is 6.54 Å². The zero-order valence-corrected chi connectivity index (χ0v) is 15.5. The molecule has 0 saturated heterocycles. The minimum Gasteiger partial charge on any atom is -0.350 e. The van der Waals surface area contributed by atoms with Crippen LogP contribution in [0.15, 0.2) is 60.1 Å². The van der Waals surface area contributed by atoms with Crippen molar-refractivity contribution < 1.29 is 9.18 Å². The Morgan fingerprint density at radius 3 is 2.93 bits per heavy atom. The van der Waals surface area contributed by atoms with Gasteiger partial charge < -0.3 is 5.32 Å². The SMILES string of the molecule is N#Cc1cccc(-c2c(C(=O)NCCc3ccccc3F)nc3sccn23)c1. The Kier molecular flexibility index (Phi) is 4.87. The van der Waals surface area contributed by atoms with E-state index in [1.54, 1.807) is 36.4 Å². The lowest BCUT2D eigenvalue weighted by Crippen LogP contribution is -2.26. The molecule has 1 amide bonds. The monoisotopic (exact) mass is 390 g/mol. The summed E-state index contributed by atoms with van der Waals surface area (Å²) in [6.45, 7) is 0.294. The molecule has 0 radical (unpaired) electrons. The molecule has 138 valence electrons. The molecule has 28 heavy (non-hydrogen) atoms. The number of benzene rings is 2. The first kappa shape index (κ1) is 17.9. The molecule has 0 bridgehead atoms. The van der Waals surface area contributed by atoms with Gasteiger partial charge in [-0.05, 0) is 30.2 Å². The normalized spacial score (nSPS) is 10.7. The van der Waals surface area contributed by atoms with Gasteiger partial charge in [-0.3, -0.25) is 9.20 Å². The van der Waals surface area contributed by atoms with Crippen LogP contribution in [0.3, 0.4) is 0 Å².